The molecule has 5 nitrogen and oxygen atoms in total. The number of nitrogens with two attached hydrogens (primary N) is 1. The molecule has 0 aliphatic carbocycles. The van der Waals surface area contributed by atoms with Crippen molar-refractivity contribution in [1.29, 1.82) is 0 Å². The quantitative estimate of drug-likeness (QED) is 0.682. The monoisotopic (exact) mass is 236 g/mol. The number of carbonyl (C=O) groups excluding carboxylic acids is 1. The van der Waals surface area contributed by atoms with Crippen molar-refractivity contribution >= 4 is 23.3 Å². The molecule has 0 aromatic heterocycles. The number of hydrogen-bond acceptors (Lipinski definition) is 3. The molecule has 0 saturated carbocycles. The Morgan fingerprint density at radius 1 is 1.35 bits per heavy atom. The Kier molecular flexibility index (Phi) is 4.51. The normalized spacial score (nSPS) is 9.94. The van der Waals surface area contributed by atoms with Gasteiger partial charge in [-0.15, -0.1) is 0 Å². The van der Waals surface area contributed by atoms with E-state index >= 15 is 0 Å². The molecule has 0 fully saturated rings. The smallest absolute Gasteiger partial charge is 0.335 e. The lowest BCUT2D eigenvalue weighted by atomic mass is 10.1. The van der Waals surface area contributed by atoms with Gasteiger partial charge in [0.1, 0.15) is 0 Å². The Morgan fingerprint density at radius 2 is 2.06 bits per heavy atom. The van der Waals surface area contributed by atoms with Crippen LogP contribution in [0.25, 0.3) is 0 Å². The maximum absolute atomic E-state index is 11.5. The van der Waals surface area contributed by atoms with Gasteiger partial charge in [-0.05, 0) is 24.6 Å². The van der Waals surface area contributed by atoms with Gasteiger partial charge in [0.25, 0.3) is 0 Å². The van der Waals surface area contributed by atoms with Gasteiger partial charge in [0.05, 0.1) is 5.56 Å². The van der Waals surface area contributed by atoms with E-state index in [1.807, 2.05) is 6.92 Å². The van der Waals surface area contributed by atoms with Crippen LogP contribution in [0.15, 0.2) is 18.2 Å². The number of amides is 1. The van der Waals surface area contributed by atoms with Gasteiger partial charge in [0.15, 0.2) is 0 Å². The summed E-state index contributed by atoms with van der Waals surface area (Å²) in [5.41, 5.74) is 6.36. The number of benzene rings is 1. The third-order valence-corrected chi connectivity index (χ3v) is 2.24. The Bertz CT molecular complexity index is 430. The van der Waals surface area contributed by atoms with Gasteiger partial charge >= 0.3 is 5.97 Å². The number of carbonyl (C=O) groups is 2. The van der Waals surface area contributed by atoms with Crippen LogP contribution >= 0.6 is 0 Å². The molecular formula is C12H16N2O3. The lowest BCUT2D eigenvalue weighted by Crippen LogP contribution is -2.12. The summed E-state index contributed by atoms with van der Waals surface area (Å²) in [6.07, 6.45) is 2.17. The molecule has 0 atom stereocenters. The van der Waals surface area contributed by atoms with Crippen molar-refractivity contribution in [2.24, 2.45) is 0 Å². The second-order valence-corrected chi connectivity index (χ2v) is 3.80. The third kappa shape index (κ3) is 4.14. The first kappa shape index (κ1) is 13.0. The highest BCUT2D eigenvalue weighted by atomic mass is 16.4. The molecule has 1 aromatic carbocycles. The summed E-state index contributed by atoms with van der Waals surface area (Å²) in [6, 6.07) is 4.28. The Hall–Kier alpha value is -2.04. The SMILES string of the molecule is CCCCC(=O)Nc1cc(N)cc(C(=O)O)c1. The highest BCUT2D eigenvalue weighted by Crippen LogP contribution is 2.17. The van der Waals surface area contributed by atoms with Crippen molar-refractivity contribution < 1.29 is 14.7 Å². The second-order valence-electron chi connectivity index (χ2n) is 3.80. The van der Waals surface area contributed by atoms with Crippen LogP contribution in [0.5, 0.6) is 0 Å². The van der Waals surface area contributed by atoms with Gasteiger partial charge in [-0.3, -0.25) is 4.79 Å². The minimum Gasteiger partial charge on any atom is -0.478 e. The fraction of sp³-hybridized carbons (Fsp3) is 0.333. The number of carboxylic acid groups (broad SMARTS) is 1. The molecule has 1 rings (SSSR count). The lowest BCUT2D eigenvalue weighted by Gasteiger charge is -2.07. The molecule has 17 heavy (non-hydrogen) atoms. The number of anilines is 2. The summed E-state index contributed by atoms with van der Waals surface area (Å²) in [6.45, 7) is 2.00. The maximum atomic E-state index is 11.5. The molecule has 92 valence electrons. The first-order valence-electron chi connectivity index (χ1n) is 5.46. The summed E-state index contributed by atoms with van der Waals surface area (Å²) in [5.74, 6) is -1.20. The molecule has 0 bridgehead atoms. The average molecular weight is 236 g/mol. The highest BCUT2D eigenvalue weighted by molar-refractivity contribution is 5.95. The standard InChI is InChI=1S/C12H16N2O3/c1-2-3-4-11(15)14-10-6-8(12(16)17)5-9(13)7-10/h5-7H,2-4,13H2,1H3,(H,14,15)(H,16,17). The van der Waals surface area contributed by atoms with Crippen LogP contribution in [0.2, 0.25) is 0 Å². The Balaban J connectivity index is 2.77. The van der Waals surface area contributed by atoms with Crippen molar-refractivity contribution in [1.82, 2.24) is 0 Å². The molecule has 0 heterocycles. The van der Waals surface area contributed by atoms with Crippen LogP contribution in [-0.2, 0) is 4.79 Å². The molecule has 0 aliphatic heterocycles. The van der Waals surface area contributed by atoms with E-state index in [1.54, 1.807) is 0 Å². The molecule has 0 saturated heterocycles. The number of nitrogen functional groups attached to an aromatic ring is 1. The number of unbranched alkanes of at least 4 members (excludes halogenated alkanes) is 1. The van der Waals surface area contributed by atoms with E-state index in [4.69, 9.17) is 10.8 Å². The van der Waals surface area contributed by atoms with E-state index in [2.05, 4.69) is 5.32 Å². The molecule has 0 spiro atoms. The van der Waals surface area contributed by atoms with E-state index in [0.29, 0.717) is 17.8 Å². The van der Waals surface area contributed by atoms with Gasteiger partial charge < -0.3 is 16.2 Å². The molecule has 0 unspecified atom stereocenters. The van der Waals surface area contributed by atoms with Crippen LogP contribution in [0, 0.1) is 0 Å². The Morgan fingerprint density at radius 3 is 2.65 bits per heavy atom. The van der Waals surface area contributed by atoms with Gasteiger partial charge in [-0.2, -0.15) is 0 Å². The van der Waals surface area contributed by atoms with E-state index in [-0.39, 0.29) is 11.5 Å². The predicted molar refractivity (Wildman–Crippen MR) is 66.0 cm³/mol. The minimum absolute atomic E-state index is 0.0655. The summed E-state index contributed by atoms with van der Waals surface area (Å²) in [4.78, 5) is 22.3. The summed E-state index contributed by atoms with van der Waals surface area (Å²) in [5, 5.41) is 11.5. The second kappa shape index (κ2) is 5.89. The van der Waals surface area contributed by atoms with Crippen LogP contribution in [0.3, 0.4) is 0 Å². The molecule has 4 N–H and O–H groups in total. The zero-order valence-electron chi connectivity index (χ0n) is 9.69. The zero-order chi connectivity index (χ0) is 12.8. The molecule has 1 aromatic rings. The fourth-order valence-electron chi connectivity index (χ4n) is 1.41. The third-order valence-electron chi connectivity index (χ3n) is 2.24. The maximum Gasteiger partial charge on any atom is 0.335 e. The van der Waals surface area contributed by atoms with Crippen molar-refractivity contribution in [3.05, 3.63) is 23.8 Å². The Labute approximate surface area is 99.6 Å². The van der Waals surface area contributed by atoms with E-state index < -0.39 is 5.97 Å². The van der Waals surface area contributed by atoms with Gasteiger partial charge in [0.2, 0.25) is 5.91 Å². The summed E-state index contributed by atoms with van der Waals surface area (Å²) in [7, 11) is 0. The van der Waals surface area contributed by atoms with Crippen molar-refractivity contribution in [3.63, 3.8) is 0 Å². The lowest BCUT2D eigenvalue weighted by molar-refractivity contribution is -0.116. The van der Waals surface area contributed by atoms with E-state index in [0.717, 1.165) is 12.8 Å². The van der Waals surface area contributed by atoms with Crippen LogP contribution in [0.4, 0.5) is 11.4 Å². The fourth-order valence-corrected chi connectivity index (χ4v) is 1.41. The molecular weight excluding hydrogens is 220 g/mol. The largest absolute Gasteiger partial charge is 0.478 e. The number of aromatic carboxylic acids is 1. The first-order valence-corrected chi connectivity index (χ1v) is 5.46. The van der Waals surface area contributed by atoms with E-state index in [1.165, 1.54) is 18.2 Å². The number of nitrogens with one attached hydrogen (secondary N) is 1. The van der Waals surface area contributed by atoms with Crippen LogP contribution in [0.1, 0.15) is 36.5 Å². The van der Waals surface area contributed by atoms with Crippen molar-refractivity contribution in [3.8, 4) is 0 Å². The molecule has 1 amide bonds. The number of rotatable bonds is 5. The van der Waals surface area contributed by atoms with Crippen LogP contribution < -0.4 is 11.1 Å². The number of hydrogen-bond donors (Lipinski definition) is 3. The van der Waals surface area contributed by atoms with Gasteiger partial charge in [-0.25, -0.2) is 4.79 Å². The zero-order valence-corrected chi connectivity index (χ0v) is 9.69. The topological polar surface area (TPSA) is 92.4 Å². The van der Waals surface area contributed by atoms with Gasteiger partial charge in [0, 0.05) is 17.8 Å². The molecule has 0 radical (unpaired) electrons. The number of carboxylic acids is 1. The average Bonchev–Trinajstić information content (AvgIpc) is 2.25. The highest BCUT2D eigenvalue weighted by Gasteiger charge is 2.07. The van der Waals surface area contributed by atoms with Crippen LogP contribution in [-0.4, -0.2) is 17.0 Å². The molecule has 5 heteroatoms. The van der Waals surface area contributed by atoms with Crippen molar-refractivity contribution in [2.75, 3.05) is 11.1 Å². The summed E-state index contributed by atoms with van der Waals surface area (Å²) >= 11 is 0. The predicted octanol–water partition coefficient (Wildman–Crippen LogP) is 2.10. The molecule has 0 aliphatic rings. The van der Waals surface area contributed by atoms with Gasteiger partial charge in [-0.1, -0.05) is 13.3 Å². The van der Waals surface area contributed by atoms with Crippen molar-refractivity contribution in [2.45, 2.75) is 26.2 Å². The van der Waals surface area contributed by atoms with E-state index in [9.17, 15) is 9.59 Å². The summed E-state index contributed by atoms with van der Waals surface area (Å²) < 4.78 is 0. The minimum atomic E-state index is -1.07. The first-order chi connectivity index (χ1) is 8.02.